The van der Waals surface area contributed by atoms with Gasteiger partial charge in [0, 0.05) is 23.8 Å². The molecule has 1 aliphatic rings. The summed E-state index contributed by atoms with van der Waals surface area (Å²) in [7, 11) is 0. The number of rotatable bonds is 6. The maximum atomic E-state index is 12.7. The Morgan fingerprint density at radius 2 is 1.80 bits per heavy atom. The summed E-state index contributed by atoms with van der Waals surface area (Å²) >= 11 is 0. The van der Waals surface area contributed by atoms with Crippen LogP contribution in [0.3, 0.4) is 0 Å². The number of benzene rings is 2. The van der Waals surface area contributed by atoms with Crippen LogP contribution in [-0.4, -0.2) is 34.6 Å². The number of nitriles is 1. The second-order valence-corrected chi connectivity index (χ2v) is 7.10. The molecule has 1 aliphatic heterocycles. The van der Waals surface area contributed by atoms with E-state index in [0.717, 1.165) is 5.56 Å². The van der Waals surface area contributed by atoms with Gasteiger partial charge in [0.05, 0.1) is 17.2 Å². The van der Waals surface area contributed by atoms with Crippen molar-refractivity contribution in [1.82, 2.24) is 10.2 Å². The standard InChI is InChI=1S/C22H20N4O4/c1-13(2)26-21(29)17-7-6-15(11-18(17)22(26)30)20(28)25-16-5-3-4-14(10-16)12-24-19(27)8-9-23/h3-7,10-11,13H,8,12H2,1-2H3,(H,24,27)(H,25,28). The van der Waals surface area contributed by atoms with Gasteiger partial charge in [0.2, 0.25) is 5.91 Å². The quantitative estimate of drug-likeness (QED) is 0.717. The van der Waals surface area contributed by atoms with Gasteiger partial charge < -0.3 is 10.6 Å². The molecule has 0 fully saturated rings. The first kappa shape index (κ1) is 20.7. The van der Waals surface area contributed by atoms with Crippen LogP contribution in [0, 0.1) is 11.3 Å². The van der Waals surface area contributed by atoms with Crippen LogP contribution in [0.1, 0.15) is 56.9 Å². The number of carbonyl (C=O) groups is 4. The third-order valence-electron chi connectivity index (χ3n) is 4.61. The highest BCUT2D eigenvalue weighted by Gasteiger charge is 2.37. The number of hydrogen-bond acceptors (Lipinski definition) is 5. The van der Waals surface area contributed by atoms with E-state index < -0.39 is 11.8 Å². The Morgan fingerprint density at radius 3 is 2.50 bits per heavy atom. The number of anilines is 1. The number of imide groups is 1. The van der Waals surface area contributed by atoms with Crippen molar-refractivity contribution in [3.8, 4) is 6.07 Å². The van der Waals surface area contributed by atoms with Crippen LogP contribution in [0.5, 0.6) is 0 Å². The summed E-state index contributed by atoms with van der Waals surface area (Å²) in [5.74, 6) is -1.57. The molecule has 2 aromatic carbocycles. The predicted octanol–water partition coefficient (Wildman–Crippen LogP) is 2.47. The van der Waals surface area contributed by atoms with Gasteiger partial charge in [-0.25, -0.2) is 0 Å². The lowest BCUT2D eigenvalue weighted by Gasteiger charge is -2.17. The molecule has 152 valence electrons. The molecule has 2 aromatic rings. The van der Waals surface area contributed by atoms with Crippen molar-refractivity contribution < 1.29 is 19.2 Å². The third kappa shape index (κ3) is 4.20. The number of nitrogens with zero attached hydrogens (tertiary/aromatic N) is 2. The molecular weight excluding hydrogens is 384 g/mol. The number of carbonyl (C=O) groups excluding carboxylic acids is 4. The van der Waals surface area contributed by atoms with Gasteiger partial charge in [-0.15, -0.1) is 0 Å². The van der Waals surface area contributed by atoms with Gasteiger partial charge in [0.1, 0.15) is 6.42 Å². The summed E-state index contributed by atoms with van der Waals surface area (Å²) < 4.78 is 0. The van der Waals surface area contributed by atoms with E-state index in [9.17, 15) is 19.2 Å². The molecule has 8 nitrogen and oxygen atoms in total. The number of fused-ring (bicyclic) bond motifs is 1. The first-order valence-electron chi connectivity index (χ1n) is 9.37. The summed E-state index contributed by atoms with van der Waals surface area (Å²) in [6, 6.07) is 12.8. The highest BCUT2D eigenvalue weighted by Crippen LogP contribution is 2.26. The Kier molecular flexibility index (Phi) is 5.93. The maximum Gasteiger partial charge on any atom is 0.261 e. The smallest absolute Gasteiger partial charge is 0.261 e. The molecule has 2 N–H and O–H groups in total. The van der Waals surface area contributed by atoms with Gasteiger partial charge in [-0.05, 0) is 49.7 Å². The van der Waals surface area contributed by atoms with E-state index in [1.807, 2.05) is 0 Å². The summed E-state index contributed by atoms with van der Waals surface area (Å²) in [6.45, 7) is 3.74. The molecule has 4 amide bonds. The lowest BCUT2D eigenvalue weighted by atomic mass is 10.1. The minimum atomic E-state index is -0.424. The van der Waals surface area contributed by atoms with Crippen LogP contribution in [0.25, 0.3) is 0 Å². The minimum Gasteiger partial charge on any atom is -0.351 e. The normalized spacial score (nSPS) is 12.5. The predicted molar refractivity (Wildman–Crippen MR) is 109 cm³/mol. The Hall–Kier alpha value is -3.99. The first-order chi connectivity index (χ1) is 14.3. The fourth-order valence-corrected chi connectivity index (χ4v) is 3.17. The highest BCUT2D eigenvalue weighted by atomic mass is 16.2. The van der Waals surface area contributed by atoms with E-state index in [1.165, 1.54) is 23.1 Å². The van der Waals surface area contributed by atoms with Crippen LogP contribution in [-0.2, 0) is 11.3 Å². The number of nitrogens with one attached hydrogen (secondary N) is 2. The summed E-state index contributed by atoms with van der Waals surface area (Å²) in [5.41, 5.74) is 2.03. The second-order valence-electron chi connectivity index (χ2n) is 7.10. The molecule has 30 heavy (non-hydrogen) atoms. The van der Waals surface area contributed by atoms with E-state index in [0.29, 0.717) is 11.3 Å². The third-order valence-corrected chi connectivity index (χ3v) is 4.61. The van der Waals surface area contributed by atoms with Gasteiger partial charge in [-0.2, -0.15) is 5.26 Å². The summed E-state index contributed by atoms with van der Waals surface area (Å²) in [5, 5.41) is 13.9. The SMILES string of the molecule is CC(C)N1C(=O)c2ccc(C(=O)Nc3cccc(CNC(=O)CC#N)c3)cc2C1=O. The molecular formula is C22H20N4O4. The van der Waals surface area contributed by atoms with Crippen molar-refractivity contribution in [2.45, 2.75) is 32.9 Å². The van der Waals surface area contributed by atoms with E-state index >= 15 is 0 Å². The molecule has 8 heteroatoms. The van der Waals surface area contributed by atoms with Gasteiger partial charge in [0.15, 0.2) is 0 Å². The largest absolute Gasteiger partial charge is 0.351 e. The molecule has 1 heterocycles. The van der Waals surface area contributed by atoms with Crippen LogP contribution in [0.15, 0.2) is 42.5 Å². The highest BCUT2D eigenvalue weighted by molar-refractivity contribution is 6.22. The molecule has 0 saturated heterocycles. The van der Waals surface area contributed by atoms with Crippen molar-refractivity contribution in [3.05, 3.63) is 64.7 Å². The van der Waals surface area contributed by atoms with Gasteiger partial charge in [-0.3, -0.25) is 24.1 Å². The van der Waals surface area contributed by atoms with Crippen molar-refractivity contribution in [3.63, 3.8) is 0 Å². The van der Waals surface area contributed by atoms with Gasteiger partial charge in [-0.1, -0.05) is 12.1 Å². The molecule has 0 spiro atoms. The molecule has 0 aromatic heterocycles. The molecule has 3 rings (SSSR count). The number of amides is 4. The fraction of sp³-hybridized carbons (Fsp3) is 0.227. The minimum absolute atomic E-state index is 0.218. The van der Waals surface area contributed by atoms with Crippen molar-refractivity contribution in [2.24, 2.45) is 0 Å². The first-order valence-corrected chi connectivity index (χ1v) is 9.37. The van der Waals surface area contributed by atoms with Crippen molar-refractivity contribution in [1.29, 1.82) is 5.26 Å². The average Bonchev–Trinajstić information content (AvgIpc) is 2.97. The van der Waals surface area contributed by atoms with E-state index in [4.69, 9.17) is 5.26 Å². The average molecular weight is 404 g/mol. The van der Waals surface area contributed by atoms with Crippen LogP contribution >= 0.6 is 0 Å². The monoisotopic (exact) mass is 404 g/mol. The summed E-state index contributed by atoms with van der Waals surface area (Å²) in [4.78, 5) is 50.1. The molecule has 0 radical (unpaired) electrons. The van der Waals surface area contributed by atoms with E-state index in [2.05, 4.69) is 10.6 Å². The topological polar surface area (TPSA) is 119 Å². The molecule has 0 aliphatic carbocycles. The fourth-order valence-electron chi connectivity index (χ4n) is 3.17. The lowest BCUT2D eigenvalue weighted by molar-refractivity contribution is -0.120. The van der Waals surface area contributed by atoms with Gasteiger partial charge in [0.25, 0.3) is 17.7 Å². The zero-order chi connectivity index (χ0) is 21.8. The van der Waals surface area contributed by atoms with Crippen LogP contribution in [0.4, 0.5) is 5.69 Å². The Bertz CT molecular complexity index is 1080. The summed E-state index contributed by atoms with van der Waals surface area (Å²) in [6.07, 6.45) is -0.218. The van der Waals surface area contributed by atoms with Gasteiger partial charge >= 0.3 is 0 Å². The maximum absolute atomic E-state index is 12.7. The zero-order valence-electron chi connectivity index (χ0n) is 16.6. The Labute approximate surface area is 173 Å². The second kappa shape index (κ2) is 8.57. The molecule has 0 saturated carbocycles. The molecule has 0 atom stereocenters. The van der Waals surface area contributed by atoms with Crippen molar-refractivity contribution >= 4 is 29.3 Å². The molecule has 0 bridgehead atoms. The van der Waals surface area contributed by atoms with Crippen LogP contribution < -0.4 is 10.6 Å². The van der Waals surface area contributed by atoms with Crippen LogP contribution in [0.2, 0.25) is 0 Å². The Morgan fingerprint density at radius 1 is 1.07 bits per heavy atom. The number of hydrogen-bond donors (Lipinski definition) is 2. The Balaban J connectivity index is 1.73. The van der Waals surface area contributed by atoms with Crippen molar-refractivity contribution in [2.75, 3.05) is 5.32 Å². The van der Waals surface area contributed by atoms with E-state index in [1.54, 1.807) is 44.2 Å². The van der Waals surface area contributed by atoms with E-state index in [-0.39, 0.29) is 41.9 Å². The lowest BCUT2D eigenvalue weighted by Crippen LogP contribution is -2.35. The molecule has 0 unspecified atom stereocenters. The zero-order valence-corrected chi connectivity index (χ0v) is 16.6.